The minimum Gasteiger partial charge on any atom is -0.477 e. The number of hydrogen-bond acceptors (Lipinski definition) is 9. The van der Waals surface area contributed by atoms with E-state index in [1.165, 1.54) is 28.4 Å². The van der Waals surface area contributed by atoms with Crippen molar-refractivity contribution in [1.29, 1.82) is 0 Å². The highest BCUT2D eigenvalue weighted by Crippen LogP contribution is 2.43. The van der Waals surface area contributed by atoms with Gasteiger partial charge in [-0.25, -0.2) is 9.89 Å². The van der Waals surface area contributed by atoms with E-state index in [0.717, 1.165) is 0 Å². The maximum atomic E-state index is 12.8. The Hall–Kier alpha value is -2.90. The molecule has 1 aromatic carbocycles. The number of amides is 2. The number of carbonyl (C=O) groups is 3. The summed E-state index contributed by atoms with van der Waals surface area (Å²) in [5, 5.41) is 25.6. The standard InChI is InChI=1S/C18H19N7O4S2/c1-8(31-18-21-23-24-22-18)10-7-30-16-12(15(27)25(16)13(10)17(28)29)20-14(26)11(19)9-5-3-2-4-6-9/h2-6,8,11-12,16H,7,19H2,1H3,(H,20,26)(H,28,29)(H,21,22,23,24)/t8?,11-,12?,16-/m0/s1. The van der Waals surface area contributed by atoms with Gasteiger partial charge in [0.1, 0.15) is 23.2 Å². The van der Waals surface area contributed by atoms with Crippen molar-refractivity contribution in [2.45, 2.75) is 34.8 Å². The van der Waals surface area contributed by atoms with Crippen molar-refractivity contribution in [1.82, 2.24) is 30.8 Å². The number of carbonyl (C=O) groups excluding carboxylic acids is 2. The summed E-state index contributed by atoms with van der Waals surface area (Å²) in [4.78, 5) is 38.6. The molecule has 2 aromatic rings. The molecule has 0 spiro atoms. The second-order valence-electron chi connectivity index (χ2n) is 6.93. The zero-order chi connectivity index (χ0) is 22.1. The first-order chi connectivity index (χ1) is 14.9. The Bertz CT molecular complexity index is 1030. The molecule has 0 bridgehead atoms. The number of fused-ring (bicyclic) bond motifs is 1. The van der Waals surface area contributed by atoms with Crippen LogP contribution in [0.3, 0.4) is 0 Å². The molecule has 31 heavy (non-hydrogen) atoms. The van der Waals surface area contributed by atoms with E-state index in [2.05, 4.69) is 25.9 Å². The maximum Gasteiger partial charge on any atom is 0.352 e. The SMILES string of the molecule is CC(Sc1nnn[nH]1)C1=C(C(=O)O)N2C(=O)C(NC(=O)[C@@H](N)c3ccccc3)[C@@H]2SC1. The molecule has 1 saturated heterocycles. The van der Waals surface area contributed by atoms with Gasteiger partial charge in [-0.1, -0.05) is 42.1 Å². The number of nitrogens with two attached hydrogens (primary N) is 1. The highest BCUT2D eigenvalue weighted by atomic mass is 32.2. The van der Waals surface area contributed by atoms with Crippen LogP contribution < -0.4 is 11.1 Å². The highest BCUT2D eigenvalue weighted by Gasteiger charge is 2.54. The van der Waals surface area contributed by atoms with Gasteiger partial charge < -0.3 is 16.2 Å². The fraction of sp³-hybridized carbons (Fsp3) is 0.333. The molecule has 13 heteroatoms. The van der Waals surface area contributed by atoms with Crippen LogP contribution in [0.1, 0.15) is 18.5 Å². The van der Waals surface area contributed by atoms with Crippen molar-refractivity contribution in [3.63, 3.8) is 0 Å². The quantitative estimate of drug-likeness (QED) is 0.328. The van der Waals surface area contributed by atoms with Crippen molar-refractivity contribution in [2.75, 3.05) is 5.75 Å². The molecule has 2 unspecified atom stereocenters. The first-order valence-corrected chi connectivity index (χ1v) is 11.2. The average Bonchev–Trinajstić information content (AvgIpc) is 3.29. The number of carboxylic acid groups (broad SMARTS) is 1. The maximum absolute atomic E-state index is 12.8. The molecule has 4 rings (SSSR count). The van der Waals surface area contributed by atoms with Gasteiger partial charge in [-0.05, 0) is 28.5 Å². The largest absolute Gasteiger partial charge is 0.477 e. The van der Waals surface area contributed by atoms with Crippen molar-refractivity contribution in [2.24, 2.45) is 5.73 Å². The summed E-state index contributed by atoms with van der Waals surface area (Å²) in [5.41, 5.74) is 7.17. The van der Waals surface area contributed by atoms with Crippen molar-refractivity contribution < 1.29 is 19.5 Å². The van der Waals surface area contributed by atoms with Crippen LogP contribution in [0, 0.1) is 0 Å². The molecule has 3 heterocycles. The number of β-lactam (4-membered cyclic amide) rings is 1. The molecule has 162 valence electrons. The number of carboxylic acids is 1. The van der Waals surface area contributed by atoms with Crippen molar-refractivity contribution >= 4 is 41.3 Å². The third-order valence-corrected chi connectivity index (χ3v) is 7.38. The van der Waals surface area contributed by atoms with Crippen LogP contribution in [0.2, 0.25) is 0 Å². The van der Waals surface area contributed by atoms with E-state index in [9.17, 15) is 19.5 Å². The molecule has 0 saturated carbocycles. The summed E-state index contributed by atoms with van der Waals surface area (Å²) in [6.07, 6.45) is 0. The number of aromatic amines is 1. The van der Waals surface area contributed by atoms with E-state index >= 15 is 0 Å². The predicted octanol–water partition coefficient (Wildman–Crippen LogP) is 0.119. The van der Waals surface area contributed by atoms with Crippen LogP contribution in [-0.2, 0) is 14.4 Å². The average molecular weight is 462 g/mol. The van der Waals surface area contributed by atoms with E-state index in [-0.39, 0.29) is 10.9 Å². The number of thioether (sulfide) groups is 2. The molecule has 11 nitrogen and oxygen atoms in total. The fourth-order valence-corrected chi connectivity index (χ4v) is 5.87. The third kappa shape index (κ3) is 4.03. The minimum absolute atomic E-state index is 0.0564. The molecule has 1 aromatic heterocycles. The van der Waals surface area contributed by atoms with Gasteiger partial charge in [-0.15, -0.1) is 16.9 Å². The molecule has 4 atom stereocenters. The Balaban J connectivity index is 1.49. The zero-order valence-electron chi connectivity index (χ0n) is 16.3. The highest BCUT2D eigenvalue weighted by molar-refractivity contribution is 8.01. The second kappa shape index (κ2) is 8.69. The first kappa shape index (κ1) is 21.3. The molecule has 2 aliphatic rings. The molecule has 1 fully saturated rings. The normalized spacial score (nSPS) is 22.4. The Kier molecular flexibility index (Phi) is 5.98. The summed E-state index contributed by atoms with van der Waals surface area (Å²) in [7, 11) is 0. The number of hydrogen-bond donors (Lipinski definition) is 4. The second-order valence-corrected chi connectivity index (χ2v) is 9.36. The number of tetrazole rings is 1. The lowest BCUT2D eigenvalue weighted by Gasteiger charge is -2.50. The summed E-state index contributed by atoms with van der Waals surface area (Å²) < 4.78 is 0. The van der Waals surface area contributed by atoms with E-state index < -0.39 is 35.2 Å². The Morgan fingerprint density at radius 3 is 2.77 bits per heavy atom. The lowest BCUT2D eigenvalue weighted by Crippen LogP contribution is -2.71. The predicted molar refractivity (Wildman–Crippen MR) is 113 cm³/mol. The molecular formula is C18H19N7O4S2. The summed E-state index contributed by atoms with van der Waals surface area (Å²) in [6.45, 7) is 1.83. The van der Waals surface area contributed by atoms with Gasteiger partial charge in [0.2, 0.25) is 11.1 Å². The van der Waals surface area contributed by atoms with Gasteiger partial charge in [-0.2, -0.15) is 0 Å². The van der Waals surface area contributed by atoms with Gasteiger partial charge in [0.25, 0.3) is 5.91 Å². The van der Waals surface area contributed by atoms with E-state index in [0.29, 0.717) is 22.0 Å². The fourth-order valence-electron chi connectivity index (χ4n) is 3.45. The lowest BCUT2D eigenvalue weighted by atomic mass is 10.0. The van der Waals surface area contributed by atoms with Crippen molar-refractivity contribution in [3.8, 4) is 0 Å². The number of benzene rings is 1. The molecule has 5 N–H and O–H groups in total. The number of H-pyrrole nitrogens is 1. The Morgan fingerprint density at radius 1 is 1.39 bits per heavy atom. The van der Waals surface area contributed by atoms with E-state index in [4.69, 9.17) is 5.73 Å². The van der Waals surface area contributed by atoms with Gasteiger partial charge >= 0.3 is 5.97 Å². The van der Waals surface area contributed by atoms with Gasteiger partial charge in [0.15, 0.2) is 0 Å². The van der Waals surface area contributed by atoms with Gasteiger partial charge in [-0.3, -0.25) is 14.5 Å². The van der Waals surface area contributed by atoms with Crippen LogP contribution in [0.5, 0.6) is 0 Å². The molecule has 2 amide bonds. The minimum atomic E-state index is -1.19. The topological polar surface area (TPSA) is 167 Å². The lowest BCUT2D eigenvalue weighted by molar-refractivity contribution is -0.150. The van der Waals surface area contributed by atoms with E-state index in [1.54, 1.807) is 24.3 Å². The van der Waals surface area contributed by atoms with Crippen LogP contribution in [0.4, 0.5) is 0 Å². The van der Waals surface area contributed by atoms with Crippen LogP contribution >= 0.6 is 23.5 Å². The van der Waals surface area contributed by atoms with Crippen LogP contribution in [0.15, 0.2) is 46.8 Å². The Labute approximate surface area is 185 Å². The zero-order valence-corrected chi connectivity index (χ0v) is 17.9. The first-order valence-electron chi connectivity index (χ1n) is 9.30. The number of nitrogens with one attached hydrogen (secondary N) is 2. The van der Waals surface area contributed by atoms with Crippen LogP contribution in [0.25, 0.3) is 0 Å². The summed E-state index contributed by atoms with van der Waals surface area (Å²) >= 11 is 2.67. The monoisotopic (exact) mass is 461 g/mol. The third-order valence-electron chi connectivity index (χ3n) is 5.04. The van der Waals surface area contributed by atoms with E-state index in [1.807, 2.05) is 13.0 Å². The molecule has 0 aliphatic carbocycles. The number of rotatable bonds is 7. The van der Waals surface area contributed by atoms with Gasteiger partial charge in [0, 0.05) is 11.0 Å². The molecule has 2 aliphatic heterocycles. The number of aliphatic carboxylic acids is 1. The molecule has 0 radical (unpaired) electrons. The molecular weight excluding hydrogens is 442 g/mol. The summed E-state index contributed by atoms with van der Waals surface area (Å²) in [6, 6.07) is 7.07. The van der Waals surface area contributed by atoms with Crippen LogP contribution in [-0.4, -0.2) is 70.8 Å². The summed E-state index contributed by atoms with van der Waals surface area (Å²) in [5.74, 6) is -1.76. The number of nitrogens with zero attached hydrogens (tertiary/aromatic N) is 4. The number of aromatic nitrogens is 4. The Morgan fingerprint density at radius 2 is 2.13 bits per heavy atom. The smallest absolute Gasteiger partial charge is 0.352 e. The van der Waals surface area contributed by atoms with Gasteiger partial charge in [0.05, 0.1) is 0 Å². The van der Waals surface area contributed by atoms with Crippen molar-refractivity contribution in [3.05, 3.63) is 47.2 Å².